The van der Waals surface area contributed by atoms with Gasteiger partial charge in [0.25, 0.3) is 0 Å². The second-order valence-corrected chi connectivity index (χ2v) is 8.62. The van der Waals surface area contributed by atoms with Crippen molar-refractivity contribution in [3.63, 3.8) is 0 Å². The number of nitrogens with zero attached hydrogens (tertiary/aromatic N) is 3. The maximum atomic E-state index is 5.11. The lowest BCUT2D eigenvalue weighted by Gasteiger charge is -2.32. The molecule has 1 aliphatic carbocycles. The fourth-order valence-electron chi connectivity index (χ4n) is 3.92. The molecule has 2 aromatic heterocycles. The Bertz CT molecular complexity index is 973. The first kappa shape index (κ1) is 21.5. The Labute approximate surface area is 182 Å². The first-order chi connectivity index (χ1) is 13.6. The minimum Gasteiger partial charge on any atom is -0.325 e. The fraction of sp³-hybridized carbons (Fsp3) is 0.409. The second-order valence-electron chi connectivity index (χ2n) is 7.73. The molecule has 1 fully saturated rings. The molecule has 0 amide bonds. The van der Waals surface area contributed by atoms with Crippen molar-refractivity contribution >= 4 is 51.4 Å². The molecule has 5 nitrogen and oxygen atoms in total. The van der Waals surface area contributed by atoms with Crippen LogP contribution in [0.2, 0.25) is 0 Å². The van der Waals surface area contributed by atoms with Gasteiger partial charge in [0.05, 0.1) is 17.2 Å². The number of anilines is 2. The van der Waals surface area contributed by atoms with Crippen LogP contribution in [0.25, 0.3) is 10.9 Å². The molecule has 3 unspecified atom stereocenters. The Morgan fingerprint density at radius 2 is 2.00 bits per heavy atom. The third-order valence-corrected chi connectivity index (χ3v) is 6.40. The summed E-state index contributed by atoms with van der Waals surface area (Å²) >= 11 is 1.58. The van der Waals surface area contributed by atoms with Gasteiger partial charge in [0, 0.05) is 22.7 Å². The number of guanidine groups is 1. The number of halogens is 1. The lowest BCUT2D eigenvalue weighted by Crippen LogP contribution is -2.32. The van der Waals surface area contributed by atoms with Crippen LogP contribution >= 0.6 is 23.7 Å². The lowest BCUT2D eigenvalue weighted by molar-refractivity contribution is 0.241. The number of aliphatic imine (C=N–C) groups is 1. The Balaban J connectivity index is 0.00000240. The van der Waals surface area contributed by atoms with Crippen LogP contribution in [0.15, 0.2) is 46.9 Å². The first-order valence-corrected chi connectivity index (χ1v) is 10.9. The van der Waals surface area contributed by atoms with Crippen molar-refractivity contribution < 1.29 is 0 Å². The summed E-state index contributed by atoms with van der Waals surface area (Å²) < 4.78 is 0. The van der Waals surface area contributed by atoms with Crippen LogP contribution in [0.3, 0.4) is 0 Å². The lowest BCUT2D eigenvalue weighted by atomic mass is 9.78. The number of thiazole rings is 1. The molecule has 0 aliphatic heterocycles. The average molecular weight is 430 g/mol. The summed E-state index contributed by atoms with van der Waals surface area (Å²) in [5, 5.41) is 10.9. The highest BCUT2D eigenvalue weighted by Crippen LogP contribution is 2.32. The summed E-state index contributed by atoms with van der Waals surface area (Å²) in [5.74, 6) is 2.03. The van der Waals surface area contributed by atoms with E-state index in [9.17, 15) is 0 Å². The smallest absolute Gasteiger partial charge is 0.202 e. The number of aryl methyl sites for hydroxylation is 1. The molecule has 0 spiro atoms. The standard InChI is InChI=1S/C22H27N5S.ClH/c1-14-7-6-10-18(16(14)3)25-21(27-22-23-11-12-28-22)26-20-13-15(2)24-19-9-5-4-8-17(19)20;/h4-5,8-9,11-14,16,18H,6-7,10H2,1-3H3,(H2,23,24,25,26,27);1H. The van der Waals surface area contributed by atoms with Crippen molar-refractivity contribution in [2.24, 2.45) is 16.8 Å². The minimum absolute atomic E-state index is 0. The molecule has 2 N–H and O–H groups in total. The van der Waals surface area contributed by atoms with E-state index in [1.165, 1.54) is 12.8 Å². The maximum Gasteiger partial charge on any atom is 0.202 e. The zero-order valence-corrected chi connectivity index (χ0v) is 18.7. The summed E-state index contributed by atoms with van der Waals surface area (Å²) in [7, 11) is 0. The Hall–Kier alpha value is -2.18. The quantitative estimate of drug-likeness (QED) is 0.388. The summed E-state index contributed by atoms with van der Waals surface area (Å²) in [6.07, 6.45) is 5.47. The fourth-order valence-corrected chi connectivity index (χ4v) is 4.45. The number of hydrogen-bond donors (Lipinski definition) is 2. The number of benzene rings is 1. The molecule has 3 aromatic rings. The van der Waals surface area contributed by atoms with Gasteiger partial charge < -0.3 is 10.6 Å². The van der Waals surface area contributed by atoms with E-state index < -0.39 is 0 Å². The van der Waals surface area contributed by atoms with Crippen LogP contribution in [0.5, 0.6) is 0 Å². The van der Waals surface area contributed by atoms with E-state index in [0.717, 1.165) is 39.8 Å². The van der Waals surface area contributed by atoms with Gasteiger partial charge in [-0.05, 0) is 37.3 Å². The SMILES string of the molecule is Cc1cc(NC(=NC2CCCC(C)C2C)Nc2nccs2)c2ccccc2n1.Cl. The molecule has 29 heavy (non-hydrogen) atoms. The largest absolute Gasteiger partial charge is 0.325 e. The molecule has 2 heterocycles. The maximum absolute atomic E-state index is 5.11. The van der Waals surface area contributed by atoms with Crippen LogP contribution in [0.1, 0.15) is 38.8 Å². The molecule has 0 radical (unpaired) electrons. The summed E-state index contributed by atoms with van der Waals surface area (Å²) in [6.45, 7) is 6.69. The monoisotopic (exact) mass is 429 g/mol. The van der Waals surface area contributed by atoms with Crippen LogP contribution in [-0.2, 0) is 0 Å². The van der Waals surface area contributed by atoms with Crippen LogP contribution in [0, 0.1) is 18.8 Å². The van der Waals surface area contributed by atoms with Crippen molar-refractivity contribution in [1.82, 2.24) is 9.97 Å². The van der Waals surface area contributed by atoms with E-state index in [-0.39, 0.29) is 12.4 Å². The normalized spacial score (nSPS) is 22.2. The van der Waals surface area contributed by atoms with Crippen molar-refractivity contribution in [1.29, 1.82) is 0 Å². The molecule has 0 saturated heterocycles. The van der Waals surface area contributed by atoms with E-state index in [1.54, 1.807) is 11.3 Å². The zero-order chi connectivity index (χ0) is 19.5. The molecule has 4 rings (SSSR count). The summed E-state index contributed by atoms with van der Waals surface area (Å²) in [4.78, 5) is 14.1. The first-order valence-electron chi connectivity index (χ1n) is 9.98. The highest BCUT2D eigenvalue weighted by Gasteiger charge is 2.27. The van der Waals surface area contributed by atoms with Crippen LogP contribution in [-0.4, -0.2) is 22.0 Å². The van der Waals surface area contributed by atoms with E-state index >= 15 is 0 Å². The number of para-hydroxylation sites is 1. The van der Waals surface area contributed by atoms with Gasteiger partial charge in [-0.25, -0.2) is 9.98 Å². The molecule has 3 atom stereocenters. The topological polar surface area (TPSA) is 62.2 Å². The number of fused-ring (bicyclic) bond motifs is 1. The molecule has 7 heteroatoms. The van der Waals surface area contributed by atoms with E-state index in [4.69, 9.17) is 4.99 Å². The second kappa shape index (κ2) is 9.55. The number of rotatable bonds is 3. The minimum atomic E-state index is 0. The highest BCUT2D eigenvalue weighted by atomic mass is 35.5. The molecule has 1 aliphatic rings. The molecular weight excluding hydrogens is 402 g/mol. The predicted molar refractivity (Wildman–Crippen MR) is 126 cm³/mol. The molecule has 1 saturated carbocycles. The van der Waals surface area contributed by atoms with Crippen LogP contribution in [0.4, 0.5) is 10.8 Å². The zero-order valence-electron chi connectivity index (χ0n) is 17.1. The van der Waals surface area contributed by atoms with Gasteiger partial charge >= 0.3 is 0 Å². The number of nitrogens with one attached hydrogen (secondary N) is 2. The highest BCUT2D eigenvalue weighted by molar-refractivity contribution is 7.13. The van der Waals surface area contributed by atoms with Crippen molar-refractivity contribution in [2.45, 2.75) is 46.1 Å². The van der Waals surface area contributed by atoms with Gasteiger partial charge in [0.15, 0.2) is 5.13 Å². The number of pyridine rings is 1. The Kier molecular flexibility index (Phi) is 7.09. The average Bonchev–Trinajstić information content (AvgIpc) is 3.18. The van der Waals surface area contributed by atoms with Gasteiger partial charge in [-0.2, -0.15) is 0 Å². The number of hydrogen-bond acceptors (Lipinski definition) is 4. The summed E-state index contributed by atoms with van der Waals surface area (Å²) in [6, 6.07) is 10.6. The predicted octanol–water partition coefficient (Wildman–Crippen LogP) is 6.13. The molecular formula is C22H28ClN5S. The molecule has 1 aromatic carbocycles. The third kappa shape index (κ3) is 5.06. The summed E-state index contributed by atoms with van der Waals surface area (Å²) in [5.41, 5.74) is 2.98. The van der Waals surface area contributed by atoms with Crippen molar-refractivity contribution in [3.8, 4) is 0 Å². The van der Waals surface area contributed by atoms with Gasteiger partial charge in [-0.1, -0.05) is 44.9 Å². The van der Waals surface area contributed by atoms with E-state index in [1.807, 2.05) is 36.7 Å². The van der Waals surface area contributed by atoms with Gasteiger partial charge in [-0.15, -0.1) is 23.7 Å². The Morgan fingerprint density at radius 3 is 2.79 bits per heavy atom. The van der Waals surface area contributed by atoms with Crippen molar-refractivity contribution in [3.05, 3.63) is 47.6 Å². The number of aromatic nitrogens is 2. The van der Waals surface area contributed by atoms with Crippen molar-refractivity contribution in [2.75, 3.05) is 10.6 Å². The van der Waals surface area contributed by atoms with Gasteiger partial charge in [-0.3, -0.25) is 4.98 Å². The Morgan fingerprint density at radius 1 is 1.17 bits per heavy atom. The molecule has 0 bridgehead atoms. The van der Waals surface area contributed by atoms with E-state index in [2.05, 4.69) is 46.6 Å². The van der Waals surface area contributed by atoms with Gasteiger partial charge in [0.2, 0.25) is 5.96 Å². The molecule has 154 valence electrons. The van der Waals surface area contributed by atoms with Gasteiger partial charge in [0.1, 0.15) is 0 Å². The van der Waals surface area contributed by atoms with Crippen LogP contribution < -0.4 is 10.6 Å². The third-order valence-electron chi connectivity index (χ3n) is 5.71. The van der Waals surface area contributed by atoms with E-state index in [0.29, 0.717) is 17.9 Å².